The van der Waals surface area contributed by atoms with Crippen LogP contribution in [0.5, 0.6) is 0 Å². The number of benzene rings is 3. The third-order valence-electron chi connectivity index (χ3n) is 8.57. The van der Waals surface area contributed by atoms with Crippen molar-refractivity contribution in [2.75, 3.05) is 5.32 Å². The first kappa shape index (κ1) is 28.3. The van der Waals surface area contributed by atoms with Crippen LogP contribution in [-0.4, -0.2) is 33.6 Å². The van der Waals surface area contributed by atoms with Crippen LogP contribution < -0.4 is 5.32 Å². The molecule has 0 saturated carbocycles. The lowest BCUT2D eigenvalue weighted by Gasteiger charge is -2.25. The van der Waals surface area contributed by atoms with Crippen LogP contribution in [-0.2, 0) is 33.8 Å². The molecule has 41 heavy (non-hydrogen) atoms. The summed E-state index contributed by atoms with van der Waals surface area (Å²) in [4.78, 5) is 38.2. The van der Waals surface area contributed by atoms with Crippen LogP contribution >= 0.6 is 0 Å². The number of hydrogen-bond acceptors (Lipinski definition) is 4. The van der Waals surface area contributed by atoms with Crippen LogP contribution in [0.15, 0.2) is 77.9 Å². The van der Waals surface area contributed by atoms with Gasteiger partial charge in [0.15, 0.2) is 0 Å². The Morgan fingerprint density at radius 3 is 2.41 bits per heavy atom. The molecule has 3 aromatic rings. The number of amides is 2. The summed E-state index contributed by atoms with van der Waals surface area (Å²) in [6.45, 7) is 6.27. The number of carboxylic acid groups (broad SMARTS) is 1. The first-order valence-electron chi connectivity index (χ1n) is 14.4. The van der Waals surface area contributed by atoms with Gasteiger partial charge in [-0.05, 0) is 59.6 Å². The van der Waals surface area contributed by atoms with Crippen molar-refractivity contribution < 1.29 is 19.5 Å². The van der Waals surface area contributed by atoms with Gasteiger partial charge in [-0.1, -0.05) is 87.0 Å². The Kier molecular flexibility index (Phi) is 8.06. The number of rotatable bonds is 9. The highest BCUT2D eigenvalue weighted by Gasteiger charge is 2.41. The van der Waals surface area contributed by atoms with Gasteiger partial charge in [-0.3, -0.25) is 14.4 Å². The van der Waals surface area contributed by atoms with E-state index in [9.17, 15) is 19.5 Å². The fraction of sp³-hybridized carbons (Fsp3) is 0.353. The molecule has 2 N–H and O–H groups in total. The highest BCUT2D eigenvalue weighted by atomic mass is 16.4. The van der Waals surface area contributed by atoms with Gasteiger partial charge < -0.3 is 10.4 Å². The lowest BCUT2D eigenvalue weighted by molar-refractivity contribution is -0.147. The number of hydrazone groups is 1. The van der Waals surface area contributed by atoms with Crippen molar-refractivity contribution in [2.24, 2.45) is 16.4 Å². The summed E-state index contributed by atoms with van der Waals surface area (Å²) in [5, 5.41) is 19.1. The maximum atomic E-state index is 13.7. The second-order valence-electron chi connectivity index (χ2n) is 11.6. The molecule has 0 fully saturated rings. The number of carboxylic acids is 1. The van der Waals surface area contributed by atoms with Gasteiger partial charge >= 0.3 is 5.97 Å². The summed E-state index contributed by atoms with van der Waals surface area (Å²) < 4.78 is 0. The van der Waals surface area contributed by atoms with E-state index in [1.165, 1.54) is 0 Å². The van der Waals surface area contributed by atoms with E-state index in [-0.39, 0.29) is 23.7 Å². The normalized spacial score (nSPS) is 19.7. The zero-order chi connectivity index (χ0) is 29.1. The Morgan fingerprint density at radius 2 is 1.73 bits per heavy atom. The second-order valence-corrected chi connectivity index (χ2v) is 11.6. The van der Waals surface area contributed by atoms with Crippen molar-refractivity contribution in [3.63, 3.8) is 0 Å². The molecule has 3 aromatic carbocycles. The van der Waals surface area contributed by atoms with Gasteiger partial charge in [0.25, 0.3) is 0 Å². The Bertz CT molecular complexity index is 1480. The van der Waals surface area contributed by atoms with Crippen molar-refractivity contribution in [2.45, 2.75) is 65.3 Å². The van der Waals surface area contributed by atoms with Gasteiger partial charge in [-0.25, -0.2) is 5.01 Å². The van der Waals surface area contributed by atoms with Crippen LogP contribution in [0.3, 0.4) is 0 Å². The first-order valence-corrected chi connectivity index (χ1v) is 14.4. The molecule has 0 radical (unpaired) electrons. The monoisotopic (exact) mass is 551 g/mol. The molecule has 212 valence electrons. The molecular formula is C34H37N3O4. The van der Waals surface area contributed by atoms with E-state index >= 15 is 0 Å². The van der Waals surface area contributed by atoms with Crippen molar-refractivity contribution in [3.8, 4) is 0 Å². The molecule has 3 unspecified atom stereocenters. The number of aliphatic carboxylic acids is 1. The van der Waals surface area contributed by atoms with Gasteiger partial charge in [0, 0.05) is 18.5 Å². The fourth-order valence-corrected chi connectivity index (χ4v) is 5.90. The number of carbonyl (C=O) groups excluding carboxylic acids is 2. The zero-order valence-electron chi connectivity index (χ0n) is 23.9. The Balaban J connectivity index is 1.33. The van der Waals surface area contributed by atoms with Crippen molar-refractivity contribution in [1.29, 1.82) is 0 Å². The lowest BCUT2D eigenvalue weighted by Crippen LogP contribution is -2.31. The Hall–Kier alpha value is -4.26. The van der Waals surface area contributed by atoms with Gasteiger partial charge in [0.05, 0.1) is 23.6 Å². The van der Waals surface area contributed by atoms with E-state index in [1.54, 1.807) is 11.9 Å². The molecule has 0 spiro atoms. The van der Waals surface area contributed by atoms with Crippen LogP contribution in [0.1, 0.15) is 73.8 Å². The van der Waals surface area contributed by atoms with E-state index in [2.05, 4.69) is 24.3 Å². The molecule has 7 heteroatoms. The fourth-order valence-electron chi connectivity index (χ4n) is 5.90. The minimum absolute atomic E-state index is 0.00000609. The smallest absolute Gasteiger partial charge is 0.310 e. The summed E-state index contributed by atoms with van der Waals surface area (Å²) in [5.74, 6) is -1.22. The van der Waals surface area contributed by atoms with Gasteiger partial charge in [-0.2, -0.15) is 5.10 Å². The molecule has 0 saturated heterocycles. The molecule has 5 rings (SSSR count). The minimum atomic E-state index is -0.864. The predicted molar refractivity (Wildman–Crippen MR) is 160 cm³/mol. The van der Waals surface area contributed by atoms with Crippen LogP contribution in [0, 0.1) is 11.3 Å². The summed E-state index contributed by atoms with van der Waals surface area (Å²) in [6.07, 6.45) is 2.72. The minimum Gasteiger partial charge on any atom is -0.481 e. The van der Waals surface area contributed by atoms with E-state index in [0.717, 1.165) is 39.9 Å². The Morgan fingerprint density at radius 1 is 1.00 bits per heavy atom. The number of fused-ring (bicyclic) bond motifs is 1. The maximum absolute atomic E-state index is 13.7. The highest BCUT2D eigenvalue weighted by molar-refractivity contribution is 6.04. The number of nitrogens with zero attached hydrogens (tertiary/aromatic N) is 2. The molecule has 0 bridgehead atoms. The molecule has 2 aliphatic rings. The first-order chi connectivity index (χ1) is 19.7. The van der Waals surface area contributed by atoms with Crippen LogP contribution in [0.4, 0.5) is 5.69 Å². The van der Waals surface area contributed by atoms with Crippen molar-refractivity contribution in [3.05, 3.63) is 101 Å². The van der Waals surface area contributed by atoms with Crippen LogP contribution in [0.25, 0.3) is 0 Å². The topological polar surface area (TPSA) is 99.1 Å². The Labute approximate surface area is 241 Å². The average Bonchev–Trinajstić information content (AvgIpc) is 3.34. The van der Waals surface area contributed by atoms with Crippen LogP contribution in [0.2, 0.25) is 0 Å². The number of carbonyl (C=O) groups is 3. The quantitative estimate of drug-likeness (QED) is 0.332. The van der Waals surface area contributed by atoms with E-state index < -0.39 is 11.4 Å². The average molecular weight is 552 g/mol. The van der Waals surface area contributed by atoms with Gasteiger partial charge in [0.2, 0.25) is 11.8 Å². The molecule has 1 heterocycles. The molecule has 3 atom stereocenters. The maximum Gasteiger partial charge on any atom is 0.310 e. The third kappa shape index (κ3) is 5.94. The van der Waals surface area contributed by atoms with E-state index in [0.29, 0.717) is 37.9 Å². The standard InChI is InChI=1S/C34H37N3O4/c1-4-22(2)31(32(39)35-29-12-8-11-26-19-34(3,33(40)41)20-27(26)29)25-15-13-23(14-16-25)21-37-30(38)18-17-28(36-37)24-9-6-5-7-10-24/h5-16,22,31H,4,17-21H2,1-3H3,(H,35,39)(H,40,41). The van der Waals surface area contributed by atoms with Gasteiger partial charge in [0.1, 0.15) is 0 Å². The van der Waals surface area contributed by atoms with E-state index in [4.69, 9.17) is 0 Å². The highest BCUT2D eigenvalue weighted by Crippen LogP contribution is 2.41. The summed E-state index contributed by atoms with van der Waals surface area (Å²) in [5.41, 5.74) is 5.49. The molecule has 1 aliphatic heterocycles. The van der Waals surface area contributed by atoms with Crippen molar-refractivity contribution >= 4 is 29.2 Å². The predicted octanol–water partition coefficient (Wildman–Crippen LogP) is 6.17. The van der Waals surface area contributed by atoms with Gasteiger partial charge in [-0.15, -0.1) is 0 Å². The number of hydrogen-bond donors (Lipinski definition) is 2. The summed E-state index contributed by atoms with van der Waals surface area (Å²) >= 11 is 0. The largest absolute Gasteiger partial charge is 0.481 e. The number of anilines is 1. The van der Waals surface area contributed by atoms with E-state index in [1.807, 2.05) is 72.8 Å². The molecule has 1 aliphatic carbocycles. The summed E-state index contributed by atoms with van der Waals surface area (Å²) in [6, 6.07) is 23.5. The lowest BCUT2D eigenvalue weighted by atomic mass is 9.84. The molecule has 7 nitrogen and oxygen atoms in total. The molecule has 2 amide bonds. The molecular weight excluding hydrogens is 514 g/mol. The summed E-state index contributed by atoms with van der Waals surface area (Å²) in [7, 11) is 0. The third-order valence-corrected chi connectivity index (χ3v) is 8.57. The SMILES string of the molecule is CCC(C)C(C(=O)Nc1cccc2c1CC(C)(C(=O)O)C2)c1ccc(CN2N=C(c3ccccc3)CCC2=O)cc1. The number of nitrogens with one attached hydrogen (secondary N) is 1. The second kappa shape index (κ2) is 11.7. The van der Waals surface area contributed by atoms with Crippen molar-refractivity contribution in [1.82, 2.24) is 5.01 Å². The molecule has 0 aromatic heterocycles. The zero-order valence-corrected chi connectivity index (χ0v) is 23.9.